The minimum absolute atomic E-state index is 0.0359. The smallest absolute Gasteiger partial charge is 0.270 e. The maximum atomic E-state index is 13.4. The van der Waals surface area contributed by atoms with Gasteiger partial charge in [0.05, 0.1) is 5.69 Å². The van der Waals surface area contributed by atoms with Crippen molar-refractivity contribution in [1.29, 1.82) is 0 Å². The number of hydrogen-bond acceptors (Lipinski definition) is 4. The van der Waals surface area contributed by atoms with Crippen molar-refractivity contribution in [3.05, 3.63) is 77.2 Å². The lowest BCUT2D eigenvalue weighted by molar-refractivity contribution is 0.0622. The molecule has 4 aromatic rings. The second kappa shape index (κ2) is 8.01. The summed E-state index contributed by atoms with van der Waals surface area (Å²) in [7, 11) is 0. The molecule has 3 heterocycles. The molecule has 2 aromatic heterocycles. The van der Waals surface area contributed by atoms with E-state index in [9.17, 15) is 9.18 Å². The molecule has 0 unspecified atom stereocenters. The summed E-state index contributed by atoms with van der Waals surface area (Å²) in [6.07, 6.45) is 0. The Morgan fingerprint density at radius 2 is 1.87 bits per heavy atom. The number of piperazine rings is 1. The van der Waals surface area contributed by atoms with Crippen LogP contribution in [0.25, 0.3) is 21.5 Å². The minimum atomic E-state index is -0.299. The Balaban J connectivity index is 1.20. The number of carbonyl (C=O) groups excluding carboxylic acids is 1. The van der Waals surface area contributed by atoms with E-state index >= 15 is 0 Å². The van der Waals surface area contributed by atoms with Gasteiger partial charge in [-0.25, -0.2) is 9.37 Å². The van der Waals surface area contributed by atoms with Gasteiger partial charge in [0.15, 0.2) is 0 Å². The number of benzene rings is 2. The molecule has 0 spiro atoms. The largest absolute Gasteiger partial charge is 0.351 e. The number of hydrogen-bond donors (Lipinski definition) is 1. The Hall–Kier alpha value is -3.03. The lowest BCUT2D eigenvalue weighted by Crippen LogP contribution is -2.48. The van der Waals surface area contributed by atoms with Gasteiger partial charge in [0.2, 0.25) is 0 Å². The Bertz CT molecular complexity index is 1180. The summed E-state index contributed by atoms with van der Waals surface area (Å²) in [6, 6.07) is 16.4. The first kappa shape index (κ1) is 19.0. The van der Waals surface area contributed by atoms with Crippen molar-refractivity contribution >= 4 is 28.1 Å². The van der Waals surface area contributed by atoms with Crippen molar-refractivity contribution in [1.82, 2.24) is 19.8 Å². The molecule has 2 aromatic carbocycles. The van der Waals surface area contributed by atoms with Crippen molar-refractivity contribution in [2.24, 2.45) is 0 Å². The predicted octanol–water partition coefficient (Wildman–Crippen LogP) is 4.39. The number of thiazole rings is 1. The van der Waals surface area contributed by atoms with E-state index in [2.05, 4.69) is 27.4 Å². The third-order valence-electron chi connectivity index (χ3n) is 5.43. The van der Waals surface area contributed by atoms with Crippen molar-refractivity contribution in [2.45, 2.75) is 6.54 Å². The second-order valence-electron chi connectivity index (χ2n) is 7.49. The number of carbonyl (C=O) groups is 1. The Morgan fingerprint density at radius 3 is 2.67 bits per heavy atom. The van der Waals surface area contributed by atoms with E-state index in [0.717, 1.165) is 46.8 Å². The average Bonchev–Trinajstić information content (AvgIpc) is 3.41. The second-order valence-corrected chi connectivity index (χ2v) is 8.35. The fraction of sp³-hybridized carbons (Fsp3) is 0.217. The number of amides is 1. The molecule has 1 amide bonds. The van der Waals surface area contributed by atoms with Crippen LogP contribution in [0.1, 0.15) is 16.2 Å². The molecule has 1 aliphatic heterocycles. The van der Waals surface area contributed by atoms with E-state index in [1.165, 1.54) is 12.1 Å². The molecular weight excluding hydrogens is 399 g/mol. The summed E-state index contributed by atoms with van der Waals surface area (Å²) in [6.45, 7) is 3.73. The molecule has 0 bridgehead atoms. The van der Waals surface area contributed by atoms with Crippen LogP contribution in [0, 0.1) is 5.82 Å². The van der Waals surface area contributed by atoms with Gasteiger partial charge in [-0.2, -0.15) is 0 Å². The third kappa shape index (κ3) is 3.86. The first-order chi connectivity index (χ1) is 14.7. The van der Waals surface area contributed by atoms with Gasteiger partial charge in [-0.15, -0.1) is 11.3 Å². The highest BCUT2D eigenvalue weighted by molar-refractivity contribution is 7.13. The first-order valence-corrected chi connectivity index (χ1v) is 10.8. The molecule has 5 nitrogen and oxygen atoms in total. The average molecular weight is 421 g/mol. The van der Waals surface area contributed by atoms with Gasteiger partial charge in [-0.3, -0.25) is 9.69 Å². The molecule has 0 atom stereocenters. The molecule has 1 N–H and O–H groups in total. The topological polar surface area (TPSA) is 52.2 Å². The Kier molecular flexibility index (Phi) is 5.06. The van der Waals surface area contributed by atoms with Crippen LogP contribution in [-0.4, -0.2) is 51.9 Å². The Morgan fingerprint density at radius 1 is 1.07 bits per heavy atom. The predicted molar refractivity (Wildman–Crippen MR) is 117 cm³/mol. The number of H-pyrrole nitrogens is 1. The van der Waals surface area contributed by atoms with Crippen LogP contribution in [-0.2, 0) is 6.54 Å². The van der Waals surface area contributed by atoms with E-state index in [4.69, 9.17) is 4.98 Å². The fourth-order valence-corrected chi connectivity index (χ4v) is 4.64. The number of nitrogens with one attached hydrogen (secondary N) is 1. The van der Waals surface area contributed by atoms with Gasteiger partial charge in [-0.05, 0) is 24.3 Å². The van der Waals surface area contributed by atoms with Gasteiger partial charge in [-0.1, -0.05) is 30.3 Å². The maximum absolute atomic E-state index is 13.4. The van der Waals surface area contributed by atoms with Crippen molar-refractivity contribution in [3.63, 3.8) is 0 Å². The van der Waals surface area contributed by atoms with Gasteiger partial charge in [0.25, 0.3) is 5.91 Å². The molecule has 1 saturated heterocycles. The van der Waals surface area contributed by atoms with Gasteiger partial charge in [0, 0.05) is 54.6 Å². The number of aromatic amines is 1. The summed E-state index contributed by atoms with van der Waals surface area (Å²) in [5, 5.41) is 3.87. The fourth-order valence-electron chi connectivity index (χ4n) is 3.82. The lowest BCUT2D eigenvalue weighted by Gasteiger charge is -2.34. The molecule has 5 rings (SSSR count). The highest BCUT2D eigenvalue weighted by atomic mass is 32.1. The summed E-state index contributed by atoms with van der Waals surface area (Å²) >= 11 is 1.66. The highest BCUT2D eigenvalue weighted by Gasteiger charge is 2.24. The maximum Gasteiger partial charge on any atom is 0.270 e. The molecule has 0 saturated carbocycles. The molecule has 1 aliphatic rings. The van der Waals surface area contributed by atoms with E-state index in [1.54, 1.807) is 23.5 Å². The molecule has 0 aliphatic carbocycles. The number of fused-ring (bicyclic) bond motifs is 1. The van der Waals surface area contributed by atoms with Crippen molar-refractivity contribution in [2.75, 3.05) is 26.2 Å². The molecular formula is C23H21FN4OS. The molecule has 7 heteroatoms. The normalized spacial score (nSPS) is 15.0. The van der Waals surface area contributed by atoms with Crippen LogP contribution in [0.4, 0.5) is 4.39 Å². The molecule has 1 fully saturated rings. The third-order valence-corrected chi connectivity index (χ3v) is 6.37. The summed E-state index contributed by atoms with van der Waals surface area (Å²) < 4.78 is 13.4. The molecule has 152 valence electrons. The Labute approximate surface area is 177 Å². The van der Waals surface area contributed by atoms with E-state index in [-0.39, 0.29) is 11.7 Å². The van der Waals surface area contributed by atoms with Crippen LogP contribution in [0.2, 0.25) is 0 Å². The quantitative estimate of drug-likeness (QED) is 0.533. The zero-order valence-corrected chi connectivity index (χ0v) is 17.2. The van der Waals surface area contributed by atoms with E-state index < -0.39 is 0 Å². The summed E-state index contributed by atoms with van der Waals surface area (Å²) in [5.41, 5.74) is 3.49. The number of halogens is 1. The number of nitrogens with zero attached hydrogens (tertiary/aromatic N) is 3. The summed E-state index contributed by atoms with van der Waals surface area (Å²) in [5.74, 6) is -0.335. The zero-order valence-electron chi connectivity index (χ0n) is 16.3. The highest BCUT2D eigenvalue weighted by Crippen LogP contribution is 2.24. The van der Waals surface area contributed by atoms with Crippen LogP contribution >= 0.6 is 11.3 Å². The number of rotatable bonds is 4. The van der Waals surface area contributed by atoms with Gasteiger partial charge >= 0.3 is 0 Å². The standard InChI is InChI=1S/C23H21FN4OS/c24-18-6-7-20-17(12-18)13-21(26-20)23(29)28-10-8-27(9-11-28)14-19-15-30-22(25-19)16-4-2-1-3-5-16/h1-7,12-13,15,26H,8-11,14H2. The zero-order chi connectivity index (χ0) is 20.5. The SMILES string of the molecule is O=C(c1cc2cc(F)ccc2[nH]1)N1CCN(Cc2csc(-c3ccccc3)n2)CC1. The van der Waals surface area contributed by atoms with E-state index in [0.29, 0.717) is 18.8 Å². The van der Waals surface area contributed by atoms with E-state index in [1.807, 2.05) is 23.1 Å². The van der Waals surface area contributed by atoms with Crippen LogP contribution in [0.15, 0.2) is 60.0 Å². The van der Waals surface area contributed by atoms with Crippen LogP contribution in [0.3, 0.4) is 0 Å². The number of aromatic nitrogens is 2. The minimum Gasteiger partial charge on any atom is -0.351 e. The molecule has 30 heavy (non-hydrogen) atoms. The van der Waals surface area contributed by atoms with Crippen LogP contribution in [0.5, 0.6) is 0 Å². The van der Waals surface area contributed by atoms with Crippen molar-refractivity contribution < 1.29 is 9.18 Å². The first-order valence-electron chi connectivity index (χ1n) is 9.95. The monoisotopic (exact) mass is 420 g/mol. The van der Waals surface area contributed by atoms with Crippen molar-refractivity contribution in [3.8, 4) is 10.6 Å². The van der Waals surface area contributed by atoms with Gasteiger partial charge < -0.3 is 9.88 Å². The lowest BCUT2D eigenvalue weighted by atomic mass is 10.2. The molecule has 0 radical (unpaired) electrons. The van der Waals surface area contributed by atoms with Crippen LogP contribution < -0.4 is 0 Å². The summed E-state index contributed by atoms with van der Waals surface area (Å²) in [4.78, 5) is 24.9. The van der Waals surface area contributed by atoms with Gasteiger partial charge in [0.1, 0.15) is 16.5 Å².